The summed E-state index contributed by atoms with van der Waals surface area (Å²) < 4.78 is 0. The molecule has 3 nitrogen and oxygen atoms in total. The molecule has 1 heterocycles. The summed E-state index contributed by atoms with van der Waals surface area (Å²) in [6, 6.07) is 8.14. The Labute approximate surface area is 103 Å². The van der Waals surface area contributed by atoms with Gasteiger partial charge in [0.05, 0.1) is 0 Å². The van der Waals surface area contributed by atoms with Gasteiger partial charge in [-0.05, 0) is 37.0 Å². The molecule has 0 aromatic heterocycles. The number of hydrogen-bond acceptors (Lipinski definition) is 3. The van der Waals surface area contributed by atoms with Gasteiger partial charge < -0.3 is 10.8 Å². The lowest BCUT2D eigenvalue weighted by molar-refractivity contribution is 0.124. The van der Waals surface area contributed by atoms with E-state index in [1.165, 1.54) is 5.56 Å². The number of phenolic OH excluding ortho intramolecular Hbond substituents is 1. The van der Waals surface area contributed by atoms with E-state index in [4.69, 9.17) is 5.73 Å². The number of aromatic hydroxyl groups is 1. The Morgan fingerprint density at radius 1 is 1.29 bits per heavy atom. The van der Waals surface area contributed by atoms with Crippen molar-refractivity contribution in [3.8, 4) is 5.75 Å². The highest BCUT2D eigenvalue weighted by atomic mass is 16.3. The maximum Gasteiger partial charge on any atom is 0.115 e. The number of piperidine rings is 1. The Kier molecular flexibility index (Phi) is 3.69. The Morgan fingerprint density at radius 2 is 1.94 bits per heavy atom. The van der Waals surface area contributed by atoms with Gasteiger partial charge in [-0.15, -0.1) is 0 Å². The molecule has 1 aromatic rings. The molecule has 0 bridgehead atoms. The molecule has 1 aliphatic rings. The molecule has 0 aliphatic carbocycles. The topological polar surface area (TPSA) is 49.5 Å². The van der Waals surface area contributed by atoms with E-state index in [9.17, 15) is 5.11 Å². The van der Waals surface area contributed by atoms with Crippen molar-refractivity contribution >= 4 is 0 Å². The van der Waals surface area contributed by atoms with Gasteiger partial charge in [-0.2, -0.15) is 0 Å². The van der Waals surface area contributed by atoms with Gasteiger partial charge in [-0.1, -0.05) is 19.1 Å². The monoisotopic (exact) mass is 234 g/mol. The average Bonchev–Trinajstić information content (AvgIpc) is 2.28. The third-order valence-electron chi connectivity index (χ3n) is 3.64. The predicted molar refractivity (Wildman–Crippen MR) is 69.9 cm³/mol. The summed E-state index contributed by atoms with van der Waals surface area (Å²) in [6.45, 7) is 6.54. The smallest absolute Gasteiger partial charge is 0.115 e. The molecular formula is C14H22N2O. The fourth-order valence-corrected chi connectivity index (χ4v) is 2.72. The first-order valence-electron chi connectivity index (χ1n) is 6.35. The summed E-state index contributed by atoms with van der Waals surface area (Å²) >= 11 is 0. The SMILES string of the molecule is CC1CC(N)CN(C(C)c2ccc(O)cc2)C1. The Bertz CT molecular complexity index is 353. The molecule has 1 aliphatic heterocycles. The Morgan fingerprint density at radius 3 is 2.53 bits per heavy atom. The lowest BCUT2D eigenvalue weighted by Gasteiger charge is -2.38. The minimum atomic E-state index is 0.290. The van der Waals surface area contributed by atoms with E-state index in [1.54, 1.807) is 12.1 Å². The highest BCUT2D eigenvalue weighted by Crippen LogP contribution is 2.26. The Hall–Kier alpha value is -1.06. The van der Waals surface area contributed by atoms with Crippen molar-refractivity contribution in [1.29, 1.82) is 0 Å². The zero-order chi connectivity index (χ0) is 12.4. The van der Waals surface area contributed by atoms with Gasteiger partial charge in [0.1, 0.15) is 5.75 Å². The van der Waals surface area contributed by atoms with E-state index < -0.39 is 0 Å². The molecule has 3 heteroatoms. The summed E-state index contributed by atoms with van der Waals surface area (Å²) in [7, 11) is 0. The summed E-state index contributed by atoms with van der Waals surface area (Å²) in [6.07, 6.45) is 1.12. The molecular weight excluding hydrogens is 212 g/mol. The van der Waals surface area contributed by atoms with Crippen molar-refractivity contribution in [2.45, 2.75) is 32.4 Å². The molecule has 0 saturated carbocycles. The number of phenols is 1. The lowest BCUT2D eigenvalue weighted by atomic mass is 9.94. The first-order valence-corrected chi connectivity index (χ1v) is 6.35. The molecule has 1 aromatic carbocycles. The van der Waals surface area contributed by atoms with Crippen LogP contribution in [0, 0.1) is 5.92 Å². The lowest BCUT2D eigenvalue weighted by Crippen LogP contribution is -2.47. The zero-order valence-electron chi connectivity index (χ0n) is 10.6. The Balaban J connectivity index is 2.08. The van der Waals surface area contributed by atoms with Gasteiger partial charge in [0.25, 0.3) is 0 Å². The molecule has 0 spiro atoms. The molecule has 94 valence electrons. The standard InChI is InChI=1S/C14H22N2O/c1-10-7-13(15)9-16(8-10)11(2)12-3-5-14(17)6-4-12/h3-6,10-11,13,17H,7-9,15H2,1-2H3. The van der Waals surface area contributed by atoms with Crippen molar-refractivity contribution in [3.05, 3.63) is 29.8 Å². The van der Waals surface area contributed by atoms with Crippen LogP contribution in [0.5, 0.6) is 5.75 Å². The van der Waals surface area contributed by atoms with E-state index in [-0.39, 0.29) is 0 Å². The summed E-state index contributed by atoms with van der Waals surface area (Å²) in [5.74, 6) is 0.989. The van der Waals surface area contributed by atoms with Crippen LogP contribution in [-0.4, -0.2) is 29.1 Å². The molecule has 3 unspecified atom stereocenters. The van der Waals surface area contributed by atoms with Crippen LogP contribution >= 0.6 is 0 Å². The molecule has 3 atom stereocenters. The fourth-order valence-electron chi connectivity index (χ4n) is 2.72. The summed E-state index contributed by atoms with van der Waals surface area (Å²) in [5, 5.41) is 9.30. The maximum atomic E-state index is 9.30. The van der Waals surface area contributed by atoms with Gasteiger partial charge in [0.15, 0.2) is 0 Å². The molecule has 17 heavy (non-hydrogen) atoms. The van der Waals surface area contributed by atoms with Crippen LogP contribution in [0.1, 0.15) is 31.9 Å². The molecule has 1 fully saturated rings. The normalized spacial score (nSPS) is 27.9. The predicted octanol–water partition coefficient (Wildman–Crippen LogP) is 2.12. The number of nitrogens with zero attached hydrogens (tertiary/aromatic N) is 1. The highest BCUT2D eigenvalue weighted by Gasteiger charge is 2.26. The highest BCUT2D eigenvalue weighted by molar-refractivity contribution is 5.27. The summed E-state index contributed by atoms with van der Waals surface area (Å²) in [4.78, 5) is 2.44. The van der Waals surface area contributed by atoms with Crippen molar-refractivity contribution in [3.63, 3.8) is 0 Å². The first kappa shape index (κ1) is 12.4. The number of nitrogens with two attached hydrogens (primary N) is 1. The van der Waals surface area contributed by atoms with Crippen molar-refractivity contribution in [2.24, 2.45) is 11.7 Å². The largest absolute Gasteiger partial charge is 0.508 e. The van der Waals surface area contributed by atoms with Crippen LogP contribution in [-0.2, 0) is 0 Å². The second kappa shape index (κ2) is 5.07. The van der Waals surface area contributed by atoms with E-state index in [2.05, 4.69) is 18.7 Å². The molecule has 2 rings (SSSR count). The fraction of sp³-hybridized carbons (Fsp3) is 0.571. The number of rotatable bonds is 2. The van der Waals surface area contributed by atoms with Gasteiger partial charge in [-0.25, -0.2) is 0 Å². The zero-order valence-corrected chi connectivity index (χ0v) is 10.6. The van der Waals surface area contributed by atoms with E-state index >= 15 is 0 Å². The second-order valence-electron chi connectivity index (χ2n) is 5.32. The third kappa shape index (κ3) is 2.99. The van der Waals surface area contributed by atoms with Crippen LogP contribution in [0.2, 0.25) is 0 Å². The van der Waals surface area contributed by atoms with Crippen LogP contribution in [0.3, 0.4) is 0 Å². The van der Waals surface area contributed by atoms with Crippen LogP contribution in [0.15, 0.2) is 24.3 Å². The van der Waals surface area contributed by atoms with E-state index in [0.717, 1.165) is 19.5 Å². The third-order valence-corrected chi connectivity index (χ3v) is 3.64. The van der Waals surface area contributed by atoms with Gasteiger partial charge in [0, 0.05) is 25.2 Å². The van der Waals surface area contributed by atoms with Crippen molar-refractivity contribution in [2.75, 3.05) is 13.1 Å². The molecule has 0 radical (unpaired) electrons. The average molecular weight is 234 g/mol. The van der Waals surface area contributed by atoms with E-state index in [0.29, 0.717) is 23.8 Å². The number of hydrogen-bond donors (Lipinski definition) is 2. The van der Waals surface area contributed by atoms with Gasteiger partial charge in [0.2, 0.25) is 0 Å². The molecule has 1 saturated heterocycles. The van der Waals surface area contributed by atoms with E-state index in [1.807, 2.05) is 12.1 Å². The van der Waals surface area contributed by atoms with Crippen molar-refractivity contribution < 1.29 is 5.11 Å². The quantitative estimate of drug-likeness (QED) is 0.824. The number of likely N-dealkylation sites (tertiary alicyclic amines) is 1. The van der Waals surface area contributed by atoms with Gasteiger partial charge in [-0.3, -0.25) is 4.90 Å². The van der Waals surface area contributed by atoms with Crippen LogP contribution < -0.4 is 5.73 Å². The van der Waals surface area contributed by atoms with Crippen LogP contribution in [0.25, 0.3) is 0 Å². The molecule has 3 N–H and O–H groups in total. The first-order chi connectivity index (χ1) is 8.06. The minimum absolute atomic E-state index is 0.290. The summed E-state index contributed by atoms with van der Waals surface area (Å²) in [5.41, 5.74) is 7.31. The minimum Gasteiger partial charge on any atom is -0.508 e. The maximum absolute atomic E-state index is 9.30. The van der Waals surface area contributed by atoms with Crippen LogP contribution in [0.4, 0.5) is 0 Å². The molecule has 0 amide bonds. The number of benzene rings is 1. The second-order valence-corrected chi connectivity index (χ2v) is 5.32. The van der Waals surface area contributed by atoms with Gasteiger partial charge >= 0.3 is 0 Å². The van der Waals surface area contributed by atoms with Crippen molar-refractivity contribution in [1.82, 2.24) is 4.90 Å².